The first-order chi connectivity index (χ1) is 10.5. The highest BCUT2D eigenvalue weighted by atomic mass is 16.5. The molecule has 1 unspecified atom stereocenters. The van der Waals surface area contributed by atoms with Crippen molar-refractivity contribution in [2.24, 2.45) is 11.8 Å². The second kappa shape index (κ2) is 6.16. The Bertz CT molecular complexity index is 440. The van der Waals surface area contributed by atoms with Crippen molar-refractivity contribution in [2.45, 2.75) is 63.2 Å². The van der Waals surface area contributed by atoms with Crippen LogP contribution >= 0.6 is 0 Å². The van der Waals surface area contributed by atoms with E-state index in [1.165, 1.54) is 0 Å². The summed E-state index contributed by atoms with van der Waals surface area (Å²) < 4.78 is 11.3. The molecule has 1 amide bonds. The number of rotatable bonds is 5. The summed E-state index contributed by atoms with van der Waals surface area (Å²) >= 11 is 0. The topological polar surface area (TPSA) is 84.9 Å². The van der Waals surface area contributed by atoms with E-state index in [9.17, 15) is 9.59 Å². The first-order valence-corrected chi connectivity index (χ1v) is 8.30. The minimum absolute atomic E-state index is 0.0727. The lowest BCUT2D eigenvalue weighted by Gasteiger charge is -2.50. The third-order valence-corrected chi connectivity index (χ3v) is 5.29. The summed E-state index contributed by atoms with van der Waals surface area (Å²) in [7, 11) is 0. The molecule has 1 heterocycles. The Balaban J connectivity index is 1.44. The Labute approximate surface area is 130 Å². The van der Waals surface area contributed by atoms with Gasteiger partial charge in [-0.25, -0.2) is 0 Å². The summed E-state index contributed by atoms with van der Waals surface area (Å²) in [6.45, 7) is 3.27. The van der Waals surface area contributed by atoms with Gasteiger partial charge in [0.2, 0.25) is 5.91 Å². The van der Waals surface area contributed by atoms with Crippen LogP contribution in [-0.2, 0) is 19.1 Å². The molecule has 3 fully saturated rings. The molecule has 2 saturated carbocycles. The maximum absolute atomic E-state index is 12.2. The van der Waals surface area contributed by atoms with Gasteiger partial charge in [-0.3, -0.25) is 9.59 Å². The van der Waals surface area contributed by atoms with Crippen LogP contribution in [0.5, 0.6) is 0 Å². The molecule has 1 atom stereocenters. The number of ether oxygens (including phenoxy) is 2. The molecule has 6 nitrogen and oxygen atoms in total. The molecule has 0 bridgehead atoms. The summed E-state index contributed by atoms with van der Waals surface area (Å²) in [6.07, 6.45) is 4.57. The van der Waals surface area contributed by atoms with Gasteiger partial charge in [-0.1, -0.05) is 0 Å². The van der Waals surface area contributed by atoms with E-state index in [2.05, 4.69) is 5.32 Å². The third-order valence-electron chi connectivity index (χ3n) is 5.29. The second-order valence-corrected chi connectivity index (χ2v) is 6.92. The average Bonchev–Trinajstić information content (AvgIpc) is 2.39. The van der Waals surface area contributed by atoms with Crippen LogP contribution in [0.2, 0.25) is 0 Å². The van der Waals surface area contributed by atoms with Crippen LogP contribution in [0.15, 0.2) is 0 Å². The number of nitrogens with one attached hydrogen (secondary N) is 1. The van der Waals surface area contributed by atoms with E-state index < -0.39 is 5.97 Å². The van der Waals surface area contributed by atoms with Gasteiger partial charge in [0, 0.05) is 25.2 Å². The summed E-state index contributed by atoms with van der Waals surface area (Å²) in [4.78, 5) is 23.2. The number of hydrogen-bond donors (Lipinski definition) is 2. The maximum Gasteiger partial charge on any atom is 0.306 e. The van der Waals surface area contributed by atoms with Gasteiger partial charge in [0.05, 0.1) is 17.6 Å². The fourth-order valence-electron chi connectivity index (χ4n) is 3.92. The molecule has 6 heteroatoms. The Morgan fingerprint density at radius 3 is 2.64 bits per heavy atom. The number of hydrogen-bond acceptors (Lipinski definition) is 4. The fraction of sp³-hybridized carbons (Fsp3) is 0.875. The van der Waals surface area contributed by atoms with Crippen molar-refractivity contribution in [1.82, 2.24) is 5.32 Å². The summed E-state index contributed by atoms with van der Waals surface area (Å²) in [6, 6.07) is 0.113. The fourth-order valence-corrected chi connectivity index (χ4v) is 3.92. The molecule has 3 rings (SSSR count). The minimum atomic E-state index is -0.739. The average molecular weight is 311 g/mol. The van der Waals surface area contributed by atoms with E-state index >= 15 is 0 Å². The van der Waals surface area contributed by atoms with Gasteiger partial charge >= 0.3 is 5.97 Å². The molecule has 1 aliphatic heterocycles. The lowest BCUT2D eigenvalue weighted by Crippen LogP contribution is -2.57. The number of carbonyl (C=O) groups is 2. The van der Waals surface area contributed by atoms with Gasteiger partial charge in [-0.05, 0) is 45.4 Å². The maximum atomic E-state index is 12.2. The smallest absolute Gasteiger partial charge is 0.306 e. The van der Waals surface area contributed by atoms with Crippen molar-refractivity contribution < 1.29 is 24.2 Å². The lowest BCUT2D eigenvalue weighted by molar-refractivity contribution is -0.182. The quantitative estimate of drug-likeness (QED) is 0.800. The molecule has 3 aliphatic rings. The van der Waals surface area contributed by atoms with Crippen LogP contribution in [-0.4, -0.2) is 47.9 Å². The minimum Gasteiger partial charge on any atom is -0.481 e. The van der Waals surface area contributed by atoms with Crippen molar-refractivity contribution >= 4 is 11.9 Å². The highest BCUT2D eigenvalue weighted by Crippen LogP contribution is 2.46. The molecule has 1 saturated heterocycles. The first-order valence-electron chi connectivity index (χ1n) is 8.30. The molecule has 1 spiro atoms. The molecule has 22 heavy (non-hydrogen) atoms. The van der Waals surface area contributed by atoms with E-state index in [1.807, 2.05) is 6.92 Å². The van der Waals surface area contributed by atoms with Crippen molar-refractivity contribution in [3.05, 3.63) is 0 Å². The predicted octanol–water partition coefficient (Wildman–Crippen LogP) is 1.33. The molecule has 124 valence electrons. The van der Waals surface area contributed by atoms with Crippen LogP contribution in [0.25, 0.3) is 0 Å². The van der Waals surface area contributed by atoms with Gasteiger partial charge < -0.3 is 19.9 Å². The molecular weight excluding hydrogens is 286 g/mol. The van der Waals surface area contributed by atoms with Crippen molar-refractivity contribution in [1.29, 1.82) is 0 Å². The van der Waals surface area contributed by atoms with E-state index in [0.29, 0.717) is 26.1 Å². The van der Waals surface area contributed by atoms with Gasteiger partial charge in [0.25, 0.3) is 0 Å². The molecular formula is C16H25NO5. The highest BCUT2D eigenvalue weighted by molar-refractivity contribution is 5.80. The third kappa shape index (κ3) is 3.13. The van der Waals surface area contributed by atoms with Crippen molar-refractivity contribution in [2.75, 3.05) is 13.2 Å². The largest absolute Gasteiger partial charge is 0.481 e. The summed E-state index contributed by atoms with van der Waals surface area (Å²) in [5.74, 6) is -0.833. The lowest BCUT2D eigenvalue weighted by atomic mass is 9.66. The van der Waals surface area contributed by atoms with Gasteiger partial charge in [0.1, 0.15) is 0 Å². The van der Waals surface area contributed by atoms with Crippen LogP contribution < -0.4 is 5.32 Å². The summed E-state index contributed by atoms with van der Waals surface area (Å²) in [5, 5.41) is 12.1. The Kier molecular flexibility index (Phi) is 4.41. The van der Waals surface area contributed by atoms with E-state index in [-0.39, 0.29) is 35.5 Å². The number of carbonyl (C=O) groups excluding carboxylic acids is 1. The zero-order valence-electron chi connectivity index (χ0n) is 13.0. The monoisotopic (exact) mass is 311 g/mol. The van der Waals surface area contributed by atoms with Gasteiger partial charge in [-0.2, -0.15) is 0 Å². The van der Waals surface area contributed by atoms with E-state index in [1.54, 1.807) is 0 Å². The number of aliphatic carboxylic acids is 1. The van der Waals surface area contributed by atoms with Crippen LogP contribution in [0.1, 0.15) is 45.4 Å². The van der Waals surface area contributed by atoms with Gasteiger partial charge in [-0.15, -0.1) is 0 Å². The number of amides is 1. The second-order valence-electron chi connectivity index (χ2n) is 6.92. The van der Waals surface area contributed by atoms with Crippen LogP contribution in [0, 0.1) is 11.8 Å². The van der Waals surface area contributed by atoms with Gasteiger partial charge in [0.15, 0.2) is 0 Å². The standard InChI is InChI=1S/C16H25NO5/c1-2-21-13-5-10(6-13)14(18)17-12-3-4-22-16(9-12)7-11(8-16)15(19)20/h10-13H,2-9H2,1H3,(H,17,18)(H,19,20). The van der Waals surface area contributed by atoms with Crippen LogP contribution in [0.4, 0.5) is 0 Å². The number of carboxylic acid groups (broad SMARTS) is 1. The zero-order valence-corrected chi connectivity index (χ0v) is 13.0. The van der Waals surface area contributed by atoms with Crippen molar-refractivity contribution in [3.8, 4) is 0 Å². The first kappa shape index (κ1) is 15.7. The van der Waals surface area contributed by atoms with Crippen molar-refractivity contribution in [3.63, 3.8) is 0 Å². The Hall–Kier alpha value is -1.14. The molecule has 0 aromatic rings. The van der Waals surface area contributed by atoms with E-state index in [0.717, 1.165) is 25.7 Å². The van der Waals surface area contributed by atoms with E-state index in [4.69, 9.17) is 14.6 Å². The molecule has 0 aromatic heterocycles. The SMILES string of the molecule is CCOC1CC(C(=O)NC2CCOC3(C2)CC(C(=O)O)C3)C1. The normalized spacial score (nSPS) is 40.6. The zero-order chi connectivity index (χ0) is 15.7. The molecule has 0 radical (unpaired) electrons. The Morgan fingerprint density at radius 2 is 2.00 bits per heavy atom. The molecule has 2 N–H and O–H groups in total. The predicted molar refractivity (Wildman–Crippen MR) is 78.3 cm³/mol. The van der Waals surface area contributed by atoms with Crippen LogP contribution in [0.3, 0.4) is 0 Å². The Morgan fingerprint density at radius 1 is 1.27 bits per heavy atom. The highest BCUT2D eigenvalue weighted by Gasteiger charge is 2.51. The molecule has 2 aliphatic carbocycles. The molecule has 0 aromatic carbocycles. The number of carboxylic acids is 1. The summed E-state index contributed by atoms with van der Waals surface area (Å²) in [5.41, 5.74) is -0.313.